The first kappa shape index (κ1) is 13.4. The van der Waals surface area contributed by atoms with Gasteiger partial charge in [-0.05, 0) is 30.5 Å². The number of nitrogens with zero attached hydrogens (tertiary/aromatic N) is 1. The third-order valence-corrected chi connectivity index (χ3v) is 3.29. The maximum absolute atomic E-state index is 12.6. The first-order valence-corrected chi connectivity index (χ1v) is 5.98. The van der Waals surface area contributed by atoms with E-state index in [2.05, 4.69) is 4.90 Å². The topological polar surface area (TPSA) is 23.5 Å². The van der Waals surface area contributed by atoms with Crippen molar-refractivity contribution in [2.45, 2.75) is 19.1 Å². The van der Waals surface area contributed by atoms with Gasteiger partial charge in [-0.1, -0.05) is 18.2 Å². The molecular weight excluding hydrogens is 243 g/mol. The number of benzene rings is 1. The smallest absolute Gasteiger partial charge is 0.396 e. The summed E-state index contributed by atoms with van der Waals surface area (Å²) in [6.45, 7) is 2.26. The minimum absolute atomic E-state index is 0.152. The van der Waals surface area contributed by atoms with Crippen molar-refractivity contribution in [2.24, 2.45) is 5.92 Å². The van der Waals surface area contributed by atoms with Gasteiger partial charge in [-0.2, -0.15) is 13.2 Å². The number of hydrogen-bond donors (Lipinski definition) is 1. The molecule has 0 aromatic heterocycles. The van der Waals surface area contributed by atoms with E-state index in [1.165, 1.54) is 12.1 Å². The molecule has 1 heterocycles. The highest BCUT2D eigenvalue weighted by Crippen LogP contribution is 2.30. The molecule has 1 fully saturated rings. The maximum atomic E-state index is 12.6. The summed E-state index contributed by atoms with van der Waals surface area (Å²) < 4.78 is 37.7. The molecule has 1 N–H and O–H groups in total. The Balaban J connectivity index is 2.02. The Labute approximate surface area is 104 Å². The van der Waals surface area contributed by atoms with Crippen molar-refractivity contribution in [3.05, 3.63) is 35.4 Å². The summed E-state index contributed by atoms with van der Waals surface area (Å²) in [4.78, 5) is 2.08. The van der Waals surface area contributed by atoms with E-state index >= 15 is 0 Å². The highest BCUT2D eigenvalue weighted by molar-refractivity contribution is 5.25. The van der Waals surface area contributed by atoms with Crippen LogP contribution in [-0.4, -0.2) is 29.7 Å². The summed E-state index contributed by atoms with van der Waals surface area (Å²) in [5.41, 5.74) is 0.0707. The molecule has 2 rings (SSSR count). The molecule has 2 nitrogen and oxygen atoms in total. The van der Waals surface area contributed by atoms with E-state index in [0.717, 1.165) is 25.6 Å². The molecule has 5 heteroatoms. The first-order chi connectivity index (χ1) is 8.49. The van der Waals surface area contributed by atoms with Crippen LogP contribution in [0.25, 0.3) is 0 Å². The van der Waals surface area contributed by atoms with Gasteiger partial charge in [0.05, 0.1) is 5.56 Å². The maximum Gasteiger partial charge on any atom is 0.416 e. The molecule has 1 saturated heterocycles. The van der Waals surface area contributed by atoms with Gasteiger partial charge >= 0.3 is 6.18 Å². The minimum atomic E-state index is -4.28. The Morgan fingerprint density at radius 1 is 1.33 bits per heavy atom. The molecule has 1 atom stereocenters. The fraction of sp³-hybridized carbons (Fsp3) is 0.538. The van der Waals surface area contributed by atoms with E-state index in [0.29, 0.717) is 12.1 Å². The van der Waals surface area contributed by atoms with Crippen molar-refractivity contribution in [3.8, 4) is 0 Å². The zero-order chi connectivity index (χ0) is 13.2. The van der Waals surface area contributed by atoms with E-state index < -0.39 is 11.7 Å². The Morgan fingerprint density at radius 3 is 2.72 bits per heavy atom. The molecule has 0 aliphatic carbocycles. The van der Waals surface area contributed by atoms with E-state index in [1.54, 1.807) is 6.07 Å². The summed E-state index contributed by atoms with van der Waals surface area (Å²) >= 11 is 0. The lowest BCUT2D eigenvalue weighted by atomic mass is 10.1. The van der Waals surface area contributed by atoms with Crippen LogP contribution in [0.4, 0.5) is 13.2 Å². The van der Waals surface area contributed by atoms with E-state index in [1.807, 2.05) is 0 Å². The van der Waals surface area contributed by atoms with E-state index in [4.69, 9.17) is 5.11 Å². The van der Waals surface area contributed by atoms with Crippen LogP contribution in [0.3, 0.4) is 0 Å². The van der Waals surface area contributed by atoms with Gasteiger partial charge in [0, 0.05) is 19.7 Å². The van der Waals surface area contributed by atoms with Crippen molar-refractivity contribution in [1.82, 2.24) is 4.90 Å². The predicted molar refractivity (Wildman–Crippen MR) is 61.9 cm³/mol. The van der Waals surface area contributed by atoms with Crippen molar-refractivity contribution < 1.29 is 18.3 Å². The normalized spacial score (nSPS) is 21.4. The number of hydrogen-bond acceptors (Lipinski definition) is 2. The second-order valence-corrected chi connectivity index (χ2v) is 4.77. The zero-order valence-electron chi connectivity index (χ0n) is 9.95. The minimum Gasteiger partial charge on any atom is -0.396 e. The summed E-state index contributed by atoms with van der Waals surface area (Å²) in [7, 11) is 0. The third-order valence-electron chi connectivity index (χ3n) is 3.29. The molecule has 1 aliphatic heterocycles. The molecule has 0 spiro atoms. The van der Waals surface area contributed by atoms with Gasteiger partial charge in [0.15, 0.2) is 0 Å². The van der Waals surface area contributed by atoms with Crippen molar-refractivity contribution >= 4 is 0 Å². The Hall–Kier alpha value is -1.07. The molecule has 1 unspecified atom stereocenters. The van der Waals surface area contributed by atoms with Gasteiger partial charge in [-0.3, -0.25) is 4.90 Å². The molecule has 1 aromatic rings. The first-order valence-electron chi connectivity index (χ1n) is 5.98. The lowest BCUT2D eigenvalue weighted by Crippen LogP contribution is -2.21. The standard InChI is InChI=1S/C13H16F3NO/c14-13(15,16)12-3-1-2-10(6-12)7-17-5-4-11(8-17)9-18/h1-3,6,11,18H,4-5,7-9H2. The SMILES string of the molecule is OCC1CCN(Cc2cccc(C(F)(F)F)c2)C1. The summed E-state index contributed by atoms with van der Waals surface area (Å²) in [6.07, 6.45) is -3.37. The van der Waals surface area contributed by atoms with Gasteiger partial charge < -0.3 is 5.11 Å². The van der Waals surface area contributed by atoms with Crippen LogP contribution in [0.1, 0.15) is 17.5 Å². The zero-order valence-corrected chi connectivity index (χ0v) is 9.95. The lowest BCUT2D eigenvalue weighted by Gasteiger charge is -2.16. The van der Waals surface area contributed by atoms with Gasteiger partial charge in [-0.15, -0.1) is 0 Å². The Kier molecular flexibility index (Phi) is 3.92. The molecule has 0 amide bonds. The third kappa shape index (κ3) is 3.23. The molecule has 1 aliphatic rings. The average molecular weight is 259 g/mol. The van der Waals surface area contributed by atoms with Crippen molar-refractivity contribution in [3.63, 3.8) is 0 Å². The quantitative estimate of drug-likeness (QED) is 0.901. The molecule has 0 saturated carbocycles. The predicted octanol–water partition coefficient (Wildman–Crippen LogP) is 2.52. The van der Waals surface area contributed by atoms with Crippen LogP contribution in [0.2, 0.25) is 0 Å². The Bertz CT molecular complexity index is 405. The van der Waals surface area contributed by atoms with E-state index in [9.17, 15) is 13.2 Å². The van der Waals surface area contributed by atoms with Crippen molar-refractivity contribution in [1.29, 1.82) is 0 Å². The summed E-state index contributed by atoms with van der Waals surface area (Å²) in [5.74, 6) is 0.260. The van der Waals surface area contributed by atoms with Gasteiger partial charge in [-0.25, -0.2) is 0 Å². The number of halogens is 3. The second-order valence-electron chi connectivity index (χ2n) is 4.77. The molecule has 0 bridgehead atoms. The van der Waals surface area contributed by atoms with Crippen LogP contribution in [0.5, 0.6) is 0 Å². The number of rotatable bonds is 3. The molecule has 0 radical (unpaired) electrons. The highest BCUT2D eigenvalue weighted by Gasteiger charge is 2.30. The largest absolute Gasteiger partial charge is 0.416 e. The summed E-state index contributed by atoms with van der Waals surface area (Å²) in [6, 6.07) is 5.44. The highest BCUT2D eigenvalue weighted by atomic mass is 19.4. The monoisotopic (exact) mass is 259 g/mol. The fourth-order valence-electron chi connectivity index (χ4n) is 2.31. The number of alkyl halides is 3. The van der Waals surface area contributed by atoms with Crippen LogP contribution >= 0.6 is 0 Å². The Morgan fingerprint density at radius 2 is 2.11 bits per heavy atom. The molecule has 100 valence electrons. The van der Waals surface area contributed by atoms with Crippen LogP contribution in [0.15, 0.2) is 24.3 Å². The molecular formula is C13H16F3NO. The van der Waals surface area contributed by atoms with E-state index in [-0.39, 0.29) is 12.5 Å². The van der Waals surface area contributed by atoms with Gasteiger partial charge in [0.1, 0.15) is 0 Å². The van der Waals surface area contributed by atoms with Crippen LogP contribution in [0, 0.1) is 5.92 Å². The lowest BCUT2D eigenvalue weighted by molar-refractivity contribution is -0.137. The van der Waals surface area contributed by atoms with Gasteiger partial charge in [0.25, 0.3) is 0 Å². The second kappa shape index (κ2) is 5.28. The number of likely N-dealkylation sites (tertiary alicyclic amines) is 1. The number of aliphatic hydroxyl groups excluding tert-OH is 1. The van der Waals surface area contributed by atoms with Crippen molar-refractivity contribution in [2.75, 3.05) is 19.7 Å². The molecule has 18 heavy (non-hydrogen) atoms. The van der Waals surface area contributed by atoms with Gasteiger partial charge in [0.2, 0.25) is 0 Å². The summed E-state index contributed by atoms with van der Waals surface area (Å²) in [5, 5.41) is 9.03. The van der Waals surface area contributed by atoms with Crippen LogP contribution < -0.4 is 0 Å². The average Bonchev–Trinajstić information content (AvgIpc) is 2.76. The van der Waals surface area contributed by atoms with Crippen LogP contribution in [-0.2, 0) is 12.7 Å². The molecule has 1 aromatic carbocycles. The fourth-order valence-corrected chi connectivity index (χ4v) is 2.31. The number of aliphatic hydroxyl groups is 1.